The second-order valence-electron chi connectivity index (χ2n) is 11.6. The molecule has 1 saturated carbocycles. The number of aromatic nitrogens is 3. The summed E-state index contributed by atoms with van der Waals surface area (Å²) in [7, 11) is 1.70. The number of hydrogen-bond donors (Lipinski definition) is 1. The van der Waals surface area contributed by atoms with E-state index in [1.54, 1.807) is 26.2 Å². The Labute approximate surface area is 266 Å². The van der Waals surface area contributed by atoms with Gasteiger partial charge in [0, 0.05) is 47.5 Å². The number of nitrogens with zero attached hydrogens (tertiary/aromatic N) is 4. The lowest BCUT2D eigenvalue weighted by atomic mass is 10.1. The molecular formula is C36H34FN5O2S. The zero-order valence-electron chi connectivity index (χ0n) is 25.3. The van der Waals surface area contributed by atoms with Crippen LogP contribution in [0.1, 0.15) is 50.9 Å². The third kappa shape index (κ3) is 5.69. The van der Waals surface area contributed by atoms with Gasteiger partial charge in [-0.25, -0.2) is 9.37 Å². The van der Waals surface area contributed by atoms with Crippen LogP contribution in [0.25, 0.3) is 27.4 Å². The van der Waals surface area contributed by atoms with E-state index in [2.05, 4.69) is 35.1 Å². The second-order valence-corrected chi connectivity index (χ2v) is 12.6. The summed E-state index contributed by atoms with van der Waals surface area (Å²) in [4.78, 5) is 22.2. The van der Waals surface area contributed by atoms with E-state index in [-0.39, 0.29) is 11.6 Å². The molecule has 228 valence electrons. The van der Waals surface area contributed by atoms with Gasteiger partial charge in [0.15, 0.2) is 0 Å². The summed E-state index contributed by atoms with van der Waals surface area (Å²) in [6, 6.07) is 21.0. The lowest BCUT2D eigenvalue weighted by molar-refractivity contribution is 0.103. The Hall–Kier alpha value is -4.60. The van der Waals surface area contributed by atoms with Gasteiger partial charge in [0.05, 0.1) is 46.5 Å². The van der Waals surface area contributed by atoms with E-state index < -0.39 is 5.82 Å². The van der Waals surface area contributed by atoms with Crippen LogP contribution in [-0.2, 0) is 17.7 Å². The number of nitrogens with one attached hydrogen (secondary N) is 1. The maximum atomic E-state index is 14.4. The molecule has 0 atom stereocenters. The van der Waals surface area contributed by atoms with Crippen LogP contribution in [0, 0.1) is 12.7 Å². The van der Waals surface area contributed by atoms with Gasteiger partial charge in [-0.1, -0.05) is 43.0 Å². The predicted molar refractivity (Wildman–Crippen MR) is 178 cm³/mol. The Morgan fingerprint density at radius 2 is 1.93 bits per heavy atom. The zero-order valence-corrected chi connectivity index (χ0v) is 26.2. The number of carbonyl (C=O) groups is 1. The summed E-state index contributed by atoms with van der Waals surface area (Å²) in [6.07, 6.45) is 5.11. The topological polar surface area (TPSA) is 72.3 Å². The summed E-state index contributed by atoms with van der Waals surface area (Å²) < 4.78 is 21.7. The van der Waals surface area contributed by atoms with Crippen molar-refractivity contribution in [2.24, 2.45) is 0 Å². The molecule has 0 unspecified atom stereocenters. The van der Waals surface area contributed by atoms with Gasteiger partial charge in [0.1, 0.15) is 5.82 Å². The highest BCUT2D eigenvalue weighted by molar-refractivity contribution is 7.17. The third-order valence-electron chi connectivity index (χ3n) is 8.46. The molecular weight excluding hydrogens is 585 g/mol. The van der Waals surface area contributed by atoms with Crippen molar-refractivity contribution in [1.82, 2.24) is 14.8 Å². The van der Waals surface area contributed by atoms with Crippen molar-refractivity contribution < 1.29 is 13.9 Å². The number of thiophene rings is 1. The fourth-order valence-corrected chi connectivity index (χ4v) is 7.07. The summed E-state index contributed by atoms with van der Waals surface area (Å²) in [5.74, 6) is -0.267. The summed E-state index contributed by atoms with van der Waals surface area (Å²) in [6.45, 7) is 8.28. The Morgan fingerprint density at radius 3 is 2.73 bits per heavy atom. The lowest BCUT2D eigenvalue weighted by Gasteiger charge is -2.27. The quantitative estimate of drug-likeness (QED) is 0.181. The number of fused-ring (bicyclic) bond motifs is 3. The van der Waals surface area contributed by atoms with Gasteiger partial charge in [0.2, 0.25) is 0 Å². The average molecular weight is 620 g/mol. The van der Waals surface area contributed by atoms with Gasteiger partial charge in [-0.15, -0.1) is 11.3 Å². The van der Waals surface area contributed by atoms with Crippen LogP contribution in [0.15, 0.2) is 79.5 Å². The number of halogens is 1. The monoisotopic (exact) mass is 619 g/mol. The maximum absolute atomic E-state index is 14.4. The Bertz CT molecular complexity index is 1900. The van der Waals surface area contributed by atoms with Crippen molar-refractivity contribution in [2.75, 3.05) is 30.5 Å². The fraction of sp³-hybridized carbons (Fsp3) is 0.250. The number of carbonyl (C=O) groups excluding carboxylic acids is 1. The highest BCUT2D eigenvalue weighted by atomic mass is 32.1. The molecule has 3 aromatic heterocycles. The van der Waals surface area contributed by atoms with Crippen molar-refractivity contribution in [3.8, 4) is 21.7 Å². The molecule has 1 aliphatic heterocycles. The first-order valence-electron chi connectivity index (χ1n) is 15.2. The molecule has 7 rings (SSSR count). The largest absolute Gasteiger partial charge is 0.383 e. The summed E-state index contributed by atoms with van der Waals surface area (Å²) in [5.41, 5.74) is 8.71. The second kappa shape index (κ2) is 12.1. The minimum atomic E-state index is -0.442. The van der Waals surface area contributed by atoms with E-state index in [9.17, 15) is 9.18 Å². The van der Waals surface area contributed by atoms with Crippen LogP contribution in [-0.4, -0.2) is 40.9 Å². The van der Waals surface area contributed by atoms with Crippen LogP contribution in [0.4, 0.5) is 15.8 Å². The molecule has 45 heavy (non-hydrogen) atoms. The number of rotatable bonds is 9. The van der Waals surface area contributed by atoms with Gasteiger partial charge in [-0.05, 0) is 67.6 Å². The van der Waals surface area contributed by atoms with Gasteiger partial charge in [-0.3, -0.25) is 9.48 Å². The molecule has 1 amide bonds. The molecule has 0 spiro atoms. The lowest BCUT2D eigenvalue weighted by Crippen LogP contribution is -2.23. The smallest absolute Gasteiger partial charge is 0.265 e. The number of benzene rings is 2. The van der Waals surface area contributed by atoms with Gasteiger partial charge >= 0.3 is 0 Å². The van der Waals surface area contributed by atoms with Crippen LogP contribution >= 0.6 is 11.3 Å². The molecule has 2 aliphatic rings. The number of aryl methyl sites for hydroxylation is 1. The van der Waals surface area contributed by atoms with Gasteiger partial charge < -0.3 is 15.0 Å². The average Bonchev–Trinajstić information content (AvgIpc) is 3.71. The number of pyridine rings is 1. The van der Waals surface area contributed by atoms with E-state index in [1.807, 2.05) is 41.1 Å². The van der Waals surface area contributed by atoms with Gasteiger partial charge in [-0.2, -0.15) is 5.10 Å². The maximum Gasteiger partial charge on any atom is 0.265 e. The number of anilines is 2. The number of amides is 1. The van der Waals surface area contributed by atoms with Crippen molar-refractivity contribution in [3.63, 3.8) is 0 Å². The predicted octanol–water partition coefficient (Wildman–Crippen LogP) is 7.93. The first kappa shape index (κ1) is 29.1. The minimum absolute atomic E-state index is 0.218. The molecule has 4 heterocycles. The van der Waals surface area contributed by atoms with E-state index in [0.29, 0.717) is 42.5 Å². The first-order valence-corrected chi connectivity index (χ1v) is 16.0. The fourth-order valence-electron chi connectivity index (χ4n) is 5.93. The van der Waals surface area contributed by atoms with Crippen molar-refractivity contribution in [1.29, 1.82) is 0 Å². The molecule has 7 nitrogen and oxygen atoms in total. The Balaban J connectivity index is 1.18. The highest BCUT2D eigenvalue weighted by Gasteiger charge is 2.31. The van der Waals surface area contributed by atoms with E-state index in [4.69, 9.17) is 14.8 Å². The Kier molecular flexibility index (Phi) is 7.81. The van der Waals surface area contributed by atoms with E-state index in [0.717, 1.165) is 62.9 Å². The Morgan fingerprint density at radius 1 is 1.11 bits per heavy atom. The summed E-state index contributed by atoms with van der Waals surface area (Å²) >= 11 is 1.43. The molecule has 5 aromatic rings. The van der Waals surface area contributed by atoms with E-state index in [1.165, 1.54) is 17.4 Å². The molecule has 0 bridgehead atoms. The minimum Gasteiger partial charge on any atom is -0.383 e. The molecule has 2 aromatic carbocycles. The number of para-hydroxylation sites is 2. The first-order chi connectivity index (χ1) is 21.9. The normalized spacial score (nSPS) is 14.1. The molecule has 1 aliphatic carbocycles. The van der Waals surface area contributed by atoms with Crippen molar-refractivity contribution in [3.05, 3.63) is 113 Å². The number of ether oxygens (including phenoxy) is 1. The molecule has 9 heteroatoms. The van der Waals surface area contributed by atoms with Crippen LogP contribution in [0.5, 0.6) is 0 Å². The van der Waals surface area contributed by atoms with Crippen molar-refractivity contribution >= 4 is 34.3 Å². The SMILES string of the molecule is C=C(c1cccc(-c2cn(CCOC)nc2C2CC2)n1)N1CCc2cc(C(=O)Nc3c(C)cccc3F)sc2-c2ccccc21. The van der Waals surface area contributed by atoms with Crippen molar-refractivity contribution in [2.45, 2.75) is 38.6 Å². The molecule has 1 fully saturated rings. The van der Waals surface area contributed by atoms with Crippen LogP contribution in [0.2, 0.25) is 0 Å². The van der Waals surface area contributed by atoms with Crippen LogP contribution < -0.4 is 10.2 Å². The van der Waals surface area contributed by atoms with E-state index >= 15 is 0 Å². The standard InChI is InChI=1S/C36H34FN5O2S/c1-22-8-6-10-28(37)33(22)39-36(43)32-20-25-16-17-42(31-13-5-4-9-26(31)35(25)45-32)23(2)29-11-7-12-30(38-29)27-21-41(18-19-44-3)40-34(27)24-14-15-24/h4-13,20-21,24H,2,14-19H2,1,3H3,(H,39,43). The van der Waals surface area contributed by atoms with Gasteiger partial charge in [0.25, 0.3) is 5.91 Å². The number of hydrogen-bond acceptors (Lipinski definition) is 6. The molecule has 1 N–H and O–H groups in total. The zero-order chi connectivity index (χ0) is 31.1. The third-order valence-corrected chi connectivity index (χ3v) is 9.67. The molecule has 0 radical (unpaired) electrons. The van der Waals surface area contributed by atoms with Crippen LogP contribution in [0.3, 0.4) is 0 Å². The number of methoxy groups -OCH3 is 1. The summed E-state index contributed by atoms with van der Waals surface area (Å²) in [5, 5.41) is 7.67. The highest BCUT2D eigenvalue weighted by Crippen LogP contribution is 2.45. The molecule has 0 saturated heterocycles.